The molecule has 5 heteroatoms. The molecule has 0 radical (unpaired) electrons. The van der Waals surface area contributed by atoms with Gasteiger partial charge in [0.05, 0.1) is 6.54 Å². The summed E-state index contributed by atoms with van der Waals surface area (Å²) in [6.07, 6.45) is 3.83. The maximum absolute atomic E-state index is 5.79. The number of nitrogen functional groups attached to an aromatic ring is 1. The molecule has 1 saturated carbocycles. The largest absolute Gasteiger partial charge is 0.399 e. The minimum atomic E-state index is 0.353. The summed E-state index contributed by atoms with van der Waals surface area (Å²) in [5.41, 5.74) is 9.08. The molecular formula is C14H19N5. The minimum Gasteiger partial charge on any atom is -0.399 e. The molecule has 1 aromatic heterocycles. The zero-order valence-electron chi connectivity index (χ0n) is 11.4. The molecule has 0 aliphatic heterocycles. The molecule has 3 rings (SSSR count). The van der Waals surface area contributed by atoms with E-state index in [1.165, 1.54) is 19.3 Å². The van der Waals surface area contributed by atoms with Gasteiger partial charge in [-0.2, -0.15) is 0 Å². The van der Waals surface area contributed by atoms with Crippen LogP contribution in [-0.4, -0.2) is 20.2 Å². The van der Waals surface area contributed by atoms with E-state index < -0.39 is 0 Å². The van der Waals surface area contributed by atoms with Gasteiger partial charge in [0.15, 0.2) is 5.82 Å². The number of anilines is 1. The van der Waals surface area contributed by atoms with Crippen molar-refractivity contribution in [3.8, 4) is 11.4 Å². The molecule has 5 nitrogen and oxygen atoms in total. The van der Waals surface area contributed by atoms with Gasteiger partial charge in [-0.1, -0.05) is 13.3 Å². The molecule has 1 aliphatic rings. The lowest BCUT2D eigenvalue weighted by molar-refractivity contribution is 0.126. The van der Waals surface area contributed by atoms with E-state index in [0.717, 1.165) is 29.2 Å². The van der Waals surface area contributed by atoms with Gasteiger partial charge in [0.1, 0.15) is 0 Å². The minimum absolute atomic E-state index is 0.353. The van der Waals surface area contributed by atoms with Gasteiger partial charge < -0.3 is 5.73 Å². The quantitative estimate of drug-likeness (QED) is 0.857. The fraction of sp³-hybridized carbons (Fsp3) is 0.500. The van der Waals surface area contributed by atoms with Gasteiger partial charge in [0.25, 0.3) is 0 Å². The summed E-state index contributed by atoms with van der Waals surface area (Å²) in [5.74, 6) is 0.839. The van der Waals surface area contributed by atoms with Crippen molar-refractivity contribution in [1.29, 1.82) is 0 Å². The molecular weight excluding hydrogens is 238 g/mol. The molecule has 2 N–H and O–H groups in total. The van der Waals surface area contributed by atoms with Crippen LogP contribution in [0.4, 0.5) is 5.69 Å². The first-order valence-corrected chi connectivity index (χ1v) is 6.70. The van der Waals surface area contributed by atoms with E-state index in [9.17, 15) is 0 Å². The molecule has 0 atom stereocenters. The van der Waals surface area contributed by atoms with Crippen LogP contribution >= 0.6 is 0 Å². The SMILES string of the molecule is Cc1cc(N)ccc1-c1nnnn1CC1(C)CCC1. The van der Waals surface area contributed by atoms with Gasteiger partial charge in [-0.25, -0.2) is 4.68 Å². The Morgan fingerprint density at radius 2 is 2.16 bits per heavy atom. The molecule has 0 unspecified atom stereocenters. The first-order chi connectivity index (χ1) is 9.07. The predicted molar refractivity (Wildman–Crippen MR) is 74.4 cm³/mol. The zero-order valence-corrected chi connectivity index (χ0v) is 11.4. The summed E-state index contributed by atoms with van der Waals surface area (Å²) in [6.45, 7) is 5.23. The molecule has 1 heterocycles. The van der Waals surface area contributed by atoms with E-state index in [1.807, 2.05) is 29.8 Å². The second-order valence-corrected chi connectivity index (χ2v) is 5.90. The van der Waals surface area contributed by atoms with Crippen LogP contribution < -0.4 is 5.73 Å². The van der Waals surface area contributed by atoms with Crippen LogP contribution in [-0.2, 0) is 6.54 Å². The van der Waals surface area contributed by atoms with E-state index >= 15 is 0 Å². The van der Waals surface area contributed by atoms with Crippen molar-refractivity contribution in [2.75, 3.05) is 5.73 Å². The molecule has 1 aliphatic carbocycles. The average molecular weight is 257 g/mol. The summed E-state index contributed by atoms with van der Waals surface area (Å²) in [6, 6.07) is 5.85. The average Bonchev–Trinajstić information content (AvgIpc) is 2.75. The Labute approximate surface area is 112 Å². The number of hydrogen-bond acceptors (Lipinski definition) is 4. The van der Waals surface area contributed by atoms with Crippen LogP contribution in [0.25, 0.3) is 11.4 Å². The fourth-order valence-electron chi connectivity index (χ4n) is 2.74. The lowest BCUT2D eigenvalue weighted by Crippen LogP contribution is -2.31. The Kier molecular flexibility index (Phi) is 2.77. The van der Waals surface area contributed by atoms with Gasteiger partial charge in [0.2, 0.25) is 0 Å². The number of nitrogens with two attached hydrogens (primary N) is 1. The van der Waals surface area contributed by atoms with Crippen molar-refractivity contribution in [2.24, 2.45) is 5.41 Å². The highest BCUT2D eigenvalue weighted by Crippen LogP contribution is 2.42. The molecule has 1 aromatic carbocycles. The third-order valence-electron chi connectivity index (χ3n) is 4.12. The van der Waals surface area contributed by atoms with Crippen molar-refractivity contribution in [3.63, 3.8) is 0 Å². The van der Waals surface area contributed by atoms with E-state index in [4.69, 9.17) is 5.73 Å². The summed E-state index contributed by atoms with van der Waals surface area (Å²) in [4.78, 5) is 0. The Morgan fingerprint density at radius 1 is 1.37 bits per heavy atom. The van der Waals surface area contributed by atoms with Crippen molar-refractivity contribution >= 4 is 5.69 Å². The van der Waals surface area contributed by atoms with E-state index in [0.29, 0.717) is 5.41 Å². The molecule has 2 aromatic rings. The van der Waals surface area contributed by atoms with Crippen molar-refractivity contribution in [2.45, 2.75) is 39.7 Å². The standard InChI is InChI=1S/C14H19N5/c1-10-8-11(15)4-5-12(10)13-16-17-18-19(13)9-14(2)6-3-7-14/h4-5,8H,3,6-7,9,15H2,1-2H3. The van der Waals surface area contributed by atoms with E-state index in [1.54, 1.807) is 0 Å². The Morgan fingerprint density at radius 3 is 2.79 bits per heavy atom. The third-order valence-corrected chi connectivity index (χ3v) is 4.12. The number of aryl methyl sites for hydroxylation is 1. The smallest absolute Gasteiger partial charge is 0.182 e. The maximum Gasteiger partial charge on any atom is 0.182 e. The molecule has 100 valence electrons. The summed E-state index contributed by atoms with van der Waals surface area (Å²) in [5, 5.41) is 12.2. The normalized spacial score (nSPS) is 17.2. The van der Waals surface area contributed by atoms with Gasteiger partial charge in [-0.15, -0.1) is 5.10 Å². The monoisotopic (exact) mass is 257 g/mol. The maximum atomic E-state index is 5.79. The third kappa shape index (κ3) is 2.20. The van der Waals surface area contributed by atoms with Crippen molar-refractivity contribution < 1.29 is 0 Å². The molecule has 19 heavy (non-hydrogen) atoms. The highest BCUT2D eigenvalue weighted by atomic mass is 15.5. The Hall–Kier alpha value is -1.91. The van der Waals surface area contributed by atoms with Gasteiger partial charge in [-0.3, -0.25) is 0 Å². The number of nitrogens with zero attached hydrogens (tertiary/aromatic N) is 4. The van der Waals surface area contributed by atoms with Crippen LogP contribution in [0.1, 0.15) is 31.7 Å². The highest BCUT2D eigenvalue weighted by Gasteiger charge is 2.33. The summed E-state index contributed by atoms with van der Waals surface area (Å²) in [7, 11) is 0. The van der Waals surface area contributed by atoms with Crippen LogP contribution in [0.3, 0.4) is 0 Å². The first kappa shape index (κ1) is 12.1. The molecule has 0 bridgehead atoms. The number of rotatable bonds is 3. The van der Waals surface area contributed by atoms with Crippen LogP contribution in [0.2, 0.25) is 0 Å². The summed E-state index contributed by atoms with van der Waals surface area (Å²) < 4.78 is 1.93. The molecule has 1 fully saturated rings. The topological polar surface area (TPSA) is 69.6 Å². The number of aromatic nitrogens is 4. The number of hydrogen-bond donors (Lipinski definition) is 1. The van der Waals surface area contributed by atoms with E-state index in [2.05, 4.69) is 22.4 Å². The zero-order chi connectivity index (χ0) is 13.5. The Bertz CT molecular complexity index is 598. The first-order valence-electron chi connectivity index (χ1n) is 6.70. The second kappa shape index (κ2) is 4.33. The van der Waals surface area contributed by atoms with Crippen LogP contribution in [0, 0.1) is 12.3 Å². The van der Waals surface area contributed by atoms with Crippen molar-refractivity contribution in [1.82, 2.24) is 20.2 Å². The molecule has 0 amide bonds. The van der Waals surface area contributed by atoms with E-state index in [-0.39, 0.29) is 0 Å². The lowest BCUT2D eigenvalue weighted by Gasteiger charge is -2.38. The molecule has 0 spiro atoms. The second-order valence-electron chi connectivity index (χ2n) is 5.90. The van der Waals surface area contributed by atoms with Crippen molar-refractivity contribution in [3.05, 3.63) is 23.8 Å². The summed E-state index contributed by atoms with van der Waals surface area (Å²) >= 11 is 0. The number of tetrazole rings is 1. The molecule has 0 saturated heterocycles. The highest BCUT2D eigenvalue weighted by molar-refractivity contribution is 5.63. The Balaban J connectivity index is 1.95. The van der Waals surface area contributed by atoms with Gasteiger partial charge in [0, 0.05) is 11.3 Å². The lowest BCUT2D eigenvalue weighted by atomic mass is 9.70. The van der Waals surface area contributed by atoms with Crippen LogP contribution in [0.15, 0.2) is 18.2 Å². The fourth-order valence-corrected chi connectivity index (χ4v) is 2.74. The van der Waals surface area contributed by atoms with Gasteiger partial charge in [-0.05, 0) is 59.4 Å². The number of benzene rings is 1. The van der Waals surface area contributed by atoms with Gasteiger partial charge >= 0.3 is 0 Å². The predicted octanol–water partition coefficient (Wildman–Crippen LogP) is 2.42. The van der Waals surface area contributed by atoms with Crippen LogP contribution in [0.5, 0.6) is 0 Å².